The first-order valence-electron chi connectivity index (χ1n) is 6.44. The Morgan fingerprint density at radius 3 is 2.70 bits per heavy atom. The minimum absolute atomic E-state index is 0.00897. The van der Waals surface area contributed by atoms with Gasteiger partial charge in [-0.05, 0) is 19.7 Å². The standard InChI is InChI=1S/C14H18N4O2/c1-18(2)9-8-15-13(19)14-17-16-12(20-14)10-11-6-4-3-5-7-11/h3-7H,8-10H2,1-2H3,(H,15,19). The molecule has 0 spiro atoms. The van der Waals surface area contributed by atoms with Crippen molar-refractivity contribution in [1.82, 2.24) is 20.4 Å². The second kappa shape index (κ2) is 6.81. The second-order valence-corrected chi connectivity index (χ2v) is 4.72. The number of rotatable bonds is 6. The summed E-state index contributed by atoms with van der Waals surface area (Å²) >= 11 is 0. The van der Waals surface area contributed by atoms with Gasteiger partial charge in [-0.1, -0.05) is 30.3 Å². The van der Waals surface area contributed by atoms with Crippen LogP contribution in [0.15, 0.2) is 34.7 Å². The lowest BCUT2D eigenvalue weighted by atomic mass is 10.2. The number of carbonyl (C=O) groups excluding carboxylic acids is 1. The number of carbonyl (C=O) groups is 1. The van der Waals surface area contributed by atoms with Gasteiger partial charge in [-0.3, -0.25) is 4.79 Å². The quantitative estimate of drug-likeness (QED) is 0.849. The summed E-state index contributed by atoms with van der Waals surface area (Å²) in [5, 5.41) is 10.4. The van der Waals surface area contributed by atoms with Gasteiger partial charge in [0.1, 0.15) is 0 Å². The summed E-state index contributed by atoms with van der Waals surface area (Å²) in [5.74, 6) is 0.113. The van der Waals surface area contributed by atoms with Crippen molar-refractivity contribution in [2.45, 2.75) is 6.42 Å². The maximum atomic E-state index is 11.8. The van der Waals surface area contributed by atoms with E-state index in [1.165, 1.54) is 0 Å². The Kier molecular flexibility index (Phi) is 4.84. The third kappa shape index (κ3) is 4.17. The highest BCUT2D eigenvalue weighted by atomic mass is 16.4. The average Bonchev–Trinajstić information content (AvgIpc) is 2.88. The van der Waals surface area contributed by atoms with Crippen molar-refractivity contribution in [3.8, 4) is 0 Å². The van der Waals surface area contributed by atoms with Crippen molar-refractivity contribution < 1.29 is 9.21 Å². The monoisotopic (exact) mass is 274 g/mol. The predicted octanol–water partition coefficient (Wildman–Crippen LogP) is 0.952. The van der Waals surface area contributed by atoms with Crippen molar-refractivity contribution in [3.63, 3.8) is 0 Å². The first-order valence-corrected chi connectivity index (χ1v) is 6.44. The van der Waals surface area contributed by atoms with Gasteiger partial charge in [0, 0.05) is 13.1 Å². The van der Waals surface area contributed by atoms with Gasteiger partial charge in [0.25, 0.3) is 0 Å². The molecule has 0 saturated carbocycles. The summed E-state index contributed by atoms with van der Waals surface area (Å²) in [7, 11) is 3.88. The van der Waals surface area contributed by atoms with Gasteiger partial charge in [0.2, 0.25) is 5.89 Å². The molecule has 0 aliphatic heterocycles. The summed E-state index contributed by atoms with van der Waals surface area (Å²) in [6.07, 6.45) is 0.527. The zero-order chi connectivity index (χ0) is 14.4. The van der Waals surface area contributed by atoms with Crippen LogP contribution in [-0.2, 0) is 6.42 Å². The number of hydrogen-bond donors (Lipinski definition) is 1. The number of amides is 1. The van der Waals surface area contributed by atoms with Crippen LogP contribution in [0.2, 0.25) is 0 Å². The molecule has 0 fully saturated rings. The van der Waals surface area contributed by atoms with Crippen molar-refractivity contribution in [2.75, 3.05) is 27.2 Å². The Hall–Kier alpha value is -2.21. The topological polar surface area (TPSA) is 71.3 Å². The van der Waals surface area contributed by atoms with E-state index < -0.39 is 0 Å². The average molecular weight is 274 g/mol. The number of aromatic nitrogens is 2. The fourth-order valence-corrected chi connectivity index (χ4v) is 1.66. The summed E-state index contributed by atoms with van der Waals surface area (Å²) in [4.78, 5) is 13.7. The molecule has 1 aromatic carbocycles. The molecule has 106 valence electrons. The molecule has 0 atom stereocenters. The van der Waals surface area contributed by atoms with Gasteiger partial charge < -0.3 is 14.6 Å². The first-order chi connectivity index (χ1) is 9.65. The largest absolute Gasteiger partial charge is 0.417 e. The highest BCUT2D eigenvalue weighted by Gasteiger charge is 2.14. The molecule has 2 aromatic rings. The third-order valence-electron chi connectivity index (χ3n) is 2.70. The van der Waals surface area contributed by atoms with Crippen LogP contribution in [0, 0.1) is 0 Å². The molecule has 20 heavy (non-hydrogen) atoms. The van der Waals surface area contributed by atoms with Crippen molar-refractivity contribution >= 4 is 5.91 Å². The van der Waals surface area contributed by atoms with E-state index in [4.69, 9.17) is 4.42 Å². The molecule has 0 bridgehead atoms. The number of likely N-dealkylation sites (N-methyl/N-ethyl adjacent to an activating group) is 1. The number of hydrogen-bond acceptors (Lipinski definition) is 5. The van der Waals surface area contributed by atoms with Crippen LogP contribution in [0.25, 0.3) is 0 Å². The van der Waals surface area contributed by atoms with Gasteiger partial charge >= 0.3 is 11.8 Å². The first kappa shape index (κ1) is 14.2. The van der Waals surface area contributed by atoms with E-state index in [1.54, 1.807) is 0 Å². The van der Waals surface area contributed by atoms with Crippen molar-refractivity contribution in [1.29, 1.82) is 0 Å². The summed E-state index contributed by atoms with van der Waals surface area (Å²) in [6.45, 7) is 1.30. The van der Waals surface area contributed by atoms with Crippen LogP contribution >= 0.6 is 0 Å². The predicted molar refractivity (Wildman–Crippen MR) is 74.4 cm³/mol. The van der Waals surface area contributed by atoms with E-state index in [0.29, 0.717) is 18.9 Å². The van der Waals surface area contributed by atoms with E-state index >= 15 is 0 Å². The molecule has 0 radical (unpaired) electrons. The SMILES string of the molecule is CN(C)CCNC(=O)c1nnc(Cc2ccccc2)o1. The Morgan fingerprint density at radius 1 is 1.25 bits per heavy atom. The van der Waals surface area contributed by atoms with Crippen LogP contribution in [0.3, 0.4) is 0 Å². The van der Waals surface area contributed by atoms with Gasteiger partial charge in [0.15, 0.2) is 0 Å². The molecule has 0 saturated heterocycles. The van der Waals surface area contributed by atoms with Gasteiger partial charge in [-0.2, -0.15) is 0 Å². The van der Waals surface area contributed by atoms with Gasteiger partial charge in [-0.25, -0.2) is 0 Å². The summed E-state index contributed by atoms with van der Waals surface area (Å²) in [5.41, 5.74) is 1.07. The molecule has 0 aliphatic rings. The number of benzene rings is 1. The molecule has 1 N–H and O–H groups in total. The summed E-state index contributed by atoms with van der Waals surface area (Å²) in [6, 6.07) is 9.78. The molecule has 6 heteroatoms. The van der Waals surface area contributed by atoms with E-state index in [-0.39, 0.29) is 11.8 Å². The smallest absolute Gasteiger partial charge is 0.308 e. The molecule has 2 rings (SSSR count). The van der Waals surface area contributed by atoms with Crippen LogP contribution in [-0.4, -0.2) is 48.2 Å². The zero-order valence-corrected chi connectivity index (χ0v) is 11.7. The van der Waals surface area contributed by atoms with E-state index in [1.807, 2.05) is 49.3 Å². The lowest BCUT2D eigenvalue weighted by Crippen LogP contribution is -2.31. The molecular weight excluding hydrogens is 256 g/mol. The van der Waals surface area contributed by atoms with E-state index in [2.05, 4.69) is 15.5 Å². The molecule has 6 nitrogen and oxygen atoms in total. The Bertz CT molecular complexity index is 551. The third-order valence-corrected chi connectivity index (χ3v) is 2.70. The second-order valence-electron chi connectivity index (χ2n) is 4.72. The van der Waals surface area contributed by atoms with Crippen LogP contribution in [0.5, 0.6) is 0 Å². The highest BCUT2D eigenvalue weighted by Crippen LogP contribution is 2.08. The molecule has 0 aliphatic carbocycles. The fourth-order valence-electron chi connectivity index (χ4n) is 1.66. The molecular formula is C14H18N4O2. The van der Waals surface area contributed by atoms with Crippen LogP contribution in [0.4, 0.5) is 0 Å². The summed E-state index contributed by atoms with van der Waals surface area (Å²) < 4.78 is 5.36. The Morgan fingerprint density at radius 2 is 2.00 bits per heavy atom. The Balaban J connectivity index is 1.90. The van der Waals surface area contributed by atoms with E-state index in [0.717, 1.165) is 12.1 Å². The van der Waals surface area contributed by atoms with Gasteiger partial charge in [0.05, 0.1) is 6.42 Å². The van der Waals surface area contributed by atoms with Crippen LogP contribution < -0.4 is 5.32 Å². The minimum Gasteiger partial charge on any atom is -0.417 e. The molecule has 0 unspecified atom stereocenters. The number of nitrogens with one attached hydrogen (secondary N) is 1. The lowest BCUT2D eigenvalue weighted by molar-refractivity contribution is 0.0914. The maximum absolute atomic E-state index is 11.8. The van der Waals surface area contributed by atoms with Crippen LogP contribution in [0.1, 0.15) is 22.1 Å². The number of nitrogens with zero attached hydrogens (tertiary/aromatic N) is 3. The Labute approximate surface area is 117 Å². The fraction of sp³-hybridized carbons (Fsp3) is 0.357. The van der Waals surface area contributed by atoms with E-state index in [9.17, 15) is 4.79 Å². The normalized spacial score (nSPS) is 10.8. The molecule has 1 amide bonds. The van der Waals surface area contributed by atoms with Crippen molar-refractivity contribution in [3.05, 3.63) is 47.7 Å². The minimum atomic E-state index is -0.335. The molecule has 1 heterocycles. The highest BCUT2D eigenvalue weighted by molar-refractivity contribution is 5.89. The zero-order valence-electron chi connectivity index (χ0n) is 11.7. The van der Waals surface area contributed by atoms with Crippen molar-refractivity contribution in [2.24, 2.45) is 0 Å². The maximum Gasteiger partial charge on any atom is 0.308 e. The molecule has 1 aromatic heterocycles. The van der Waals surface area contributed by atoms with Gasteiger partial charge in [-0.15, -0.1) is 10.2 Å². The lowest BCUT2D eigenvalue weighted by Gasteiger charge is -2.08.